The zero-order chi connectivity index (χ0) is 75.2. The molecule has 0 radical (unpaired) electrons. The SMILES string of the molecule is O=C(c1ccccc1)c1ccc(-c2nc3nc(n2)-c2cccc(c2)-c2cccc(c2)N(c2ccccc2)c2cccc(c2)-c2cccc-3c2)cc1.c1ccc(-c2cc3nc(n2)-c2cccc(c2)-c2cccc(c2)N(c2ccc4c(c2)C(c2ccccc2)(c2ccccc2)c2ccccc2-4)c2cccc(c2)-c2cccc-3c2)cc1. The van der Waals surface area contributed by atoms with Gasteiger partial charge in [0.25, 0.3) is 0 Å². The van der Waals surface area contributed by atoms with E-state index in [1.165, 1.54) is 33.4 Å². The average Bonchev–Trinajstić information content (AvgIpc) is 1.54. The summed E-state index contributed by atoms with van der Waals surface area (Å²) in [5, 5.41) is 0. The normalized spacial score (nSPS) is 12.3. The van der Waals surface area contributed by atoms with Crippen molar-refractivity contribution in [3.8, 4) is 124 Å². The minimum Gasteiger partial charge on any atom is -0.310 e. The summed E-state index contributed by atoms with van der Waals surface area (Å²) >= 11 is 0. The largest absolute Gasteiger partial charge is 0.310 e. The number of nitrogens with zero attached hydrogens (tertiary/aromatic N) is 7. The fourth-order valence-corrected chi connectivity index (χ4v) is 16.5. The molecule has 0 fully saturated rings. The fourth-order valence-electron chi connectivity index (χ4n) is 16.5. The van der Waals surface area contributed by atoms with Gasteiger partial charge >= 0.3 is 0 Å². The number of carbonyl (C=O) groups excluding carboxylic acids is 1. The number of benzene rings is 16. The van der Waals surface area contributed by atoms with E-state index in [0.29, 0.717) is 34.4 Å². The van der Waals surface area contributed by atoms with Crippen molar-refractivity contribution in [1.82, 2.24) is 24.9 Å². The van der Waals surface area contributed by atoms with Crippen LogP contribution in [0.4, 0.5) is 34.1 Å². The highest BCUT2D eigenvalue weighted by molar-refractivity contribution is 6.09. The molecule has 113 heavy (non-hydrogen) atoms. The molecule has 4 heterocycles. The van der Waals surface area contributed by atoms with Gasteiger partial charge in [0, 0.05) is 78.6 Å². The van der Waals surface area contributed by atoms with Crippen LogP contribution in [0.25, 0.3) is 124 Å². The van der Waals surface area contributed by atoms with E-state index < -0.39 is 5.41 Å². The highest BCUT2D eigenvalue weighted by Gasteiger charge is 2.46. The van der Waals surface area contributed by atoms with Crippen LogP contribution in [0.1, 0.15) is 38.2 Å². The van der Waals surface area contributed by atoms with Gasteiger partial charge in [-0.05, 0) is 181 Å². The summed E-state index contributed by atoms with van der Waals surface area (Å²) in [5.41, 5.74) is 30.8. The van der Waals surface area contributed by atoms with Crippen molar-refractivity contribution >= 4 is 39.9 Å². The van der Waals surface area contributed by atoms with Crippen molar-refractivity contribution in [2.45, 2.75) is 5.41 Å². The molecular weight excluding hydrogens is 1380 g/mol. The van der Waals surface area contributed by atoms with Crippen molar-refractivity contribution in [1.29, 1.82) is 0 Å². The number of anilines is 6. The highest BCUT2D eigenvalue weighted by Crippen LogP contribution is 2.58. The lowest BCUT2D eigenvalue weighted by molar-refractivity contribution is 0.103. The molecule has 0 spiro atoms. The molecule has 530 valence electrons. The van der Waals surface area contributed by atoms with Crippen molar-refractivity contribution in [2.75, 3.05) is 9.80 Å². The lowest BCUT2D eigenvalue weighted by Crippen LogP contribution is -2.28. The molecule has 0 amide bonds. The third-order valence-corrected chi connectivity index (χ3v) is 21.9. The van der Waals surface area contributed by atoms with E-state index in [1.54, 1.807) is 0 Å². The van der Waals surface area contributed by atoms with Gasteiger partial charge < -0.3 is 9.80 Å². The smallest absolute Gasteiger partial charge is 0.193 e. The van der Waals surface area contributed by atoms with Gasteiger partial charge in [-0.2, -0.15) is 0 Å². The van der Waals surface area contributed by atoms with Gasteiger partial charge in [0.2, 0.25) is 0 Å². The van der Waals surface area contributed by atoms with Crippen LogP contribution in [0.5, 0.6) is 0 Å². The first kappa shape index (κ1) is 67.2. The van der Waals surface area contributed by atoms with Gasteiger partial charge in [0.15, 0.2) is 29.1 Å². The van der Waals surface area contributed by atoms with Gasteiger partial charge in [-0.25, -0.2) is 24.9 Å². The molecule has 3 aliphatic rings. The minimum atomic E-state index is -0.521. The van der Waals surface area contributed by atoms with Gasteiger partial charge in [-0.1, -0.05) is 315 Å². The molecule has 2 aromatic heterocycles. The third-order valence-electron chi connectivity index (χ3n) is 21.9. The maximum Gasteiger partial charge on any atom is 0.193 e. The second kappa shape index (κ2) is 28.8. The monoisotopic (exact) mass is 1440 g/mol. The molecule has 0 saturated carbocycles. The Balaban J connectivity index is 0.000000150. The molecule has 20 bridgehead atoms. The zero-order valence-electron chi connectivity index (χ0n) is 61.4. The number of rotatable bonds is 8. The Bertz CT molecular complexity index is 6390. The van der Waals surface area contributed by atoms with E-state index in [1.807, 2.05) is 91.0 Å². The number of carbonyl (C=O) groups is 1. The van der Waals surface area contributed by atoms with Crippen molar-refractivity contribution in [3.05, 3.63) is 452 Å². The summed E-state index contributed by atoms with van der Waals surface area (Å²) in [7, 11) is 0. The molecule has 0 unspecified atom stereocenters. The maximum absolute atomic E-state index is 13.1. The van der Waals surface area contributed by atoms with E-state index >= 15 is 0 Å². The number of hydrogen-bond donors (Lipinski definition) is 0. The van der Waals surface area contributed by atoms with Gasteiger partial charge in [0.05, 0.1) is 16.8 Å². The van der Waals surface area contributed by atoms with Crippen molar-refractivity contribution < 1.29 is 4.79 Å². The first-order valence-corrected chi connectivity index (χ1v) is 38.1. The van der Waals surface area contributed by atoms with Crippen LogP contribution in [0.3, 0.4) is 0 Å². The summed E-state index contributed by atoms with van der Waals surface area (Å²) in [4.78, 5) is 43.3. The quantitative estimate of drug-likeness (QED) is 0.139. The summed E-state index contributed by atoms with van der Waals surface area (Å²) in [6.45, 7) is 0. The Hall–Kier alpha value is -15.1. The minimum absolute atomic E-state index is 0.0269. The lowest BCUT2D eigenvalue weighted by atomic mass is 9.67. The Morgan fingerprint density at radius 2 is 0.522 bits per heavy atom. The van der Waals surface area contributed by atoms with E-state index in [0.717, 1.165) is 123 Å². The van der Waals surface area contributed by atoms with E-state index in [2.05, 4.69) is 337 Å². The third kappa shape index (κ3) is 12.6. The second-order valence-electron chi connectivity index (χ2n) is 28.7. The van der Waals surface area contributed by atoms with E-state index in [4.69, 9.17) is 24.9 Å². The Morgan fingerprint density at radius 1 is 0.204 bits per heavy atom. The van der Waals surface area contributed by atoms with Crippen LogP contribution < -0.4 is 9.80 Å². The molecule has 2 aliphatic heterocycles. The maximum atomic E-state index is 13.1. The van der Waals surface area contributed by atoms with Crippen molar-refractivity contribution in [3.63, 3.8) is 0 Å². The van der Waals surface area contributed by atoms with Crippen LogP contribution >= 0.6 is 0 Å². The molecule has 0 atom stereocenters. The molecule has 21 rings (SSSR count). The van der Waals surface area contributed by atoms with Crippen LogP contribution in [0, 0.1) is 0 Å². The average molecular weight is 1440 g/mol. The van der Waals surface area contributed by atoms with Crippen LogP contribution in [0.2, 0.25) is 0 Å². The predicted molar refractivity (Wildman–Crippen MR) is 460 cm³/mol. The summed E-state index contributed by atoms with van der Waals surface area (Å²) in [6.07, 6.45) is 0. The number of para-hydroxylation sites is 1. The number of fused-ring (bicyclic) bond motifs is 31. The number of hydrogen-bond acceptors (Lipinski definition) is 8. The van der Waals surface area contributed by atoms with Gasteiger partial charge in [-0.15, -0.1) is 0 Å². The van der Waals surface area contributed by atoms with E-state index in [-0.39, 0.29) is 5.78 Å². The Kier molecular flexibility index (Phi) is 17.1. The van der Waals surface area contributed by atoms with E-state index in [9.17, 15) is 4.79 Å². The van der Waals surface area contributed by atoms with Crippen LogP contribution in [-0.4, -0.2) is 30.7 Å². The van der Waals surface area contributed by atoms with Gasteiger partial charge in [0.1, 0.15) is 0 Å². The first-order valence-electron chi connectivity index (χ1n) is 38.1. The Morgan fingerprint density at radius 3 is 1.01 bits per heavy atom. The molecule has 0 saturated heterocycles. The Labute approximate surface area is 656 Å². The molecular formula is C105H69N7O. The van der Waals surface area contributed by atoms with Crippen LogP contribution in [-0.2, 0) is 5.41 Å². The summed E-state index contributed by atoms with van der Waals surface area (Å²) in [5.74, 6) is 2.35. The lowest BCUT2D eigenvalue weighted by Gasteiger charge is -2.35. The molecule has 8 heteroatoms. The summed E-state index contributed by atoms with van der Waals surface area (Å²) in [6, 6.07) is 147. The van der Waals surface area contributed by atoms with Gasteiger partial charge in [-0.3, -0.25) is 4.79 Å². The topological polar surface area (TPSA) is 88.0 Å². The molecule has 0 N–H and O–H groups in total. The first-order chi connectivity index (χ1) is 55.9. The zero-order valence-corrected chi connectivity index (χ0v) is 61.4. The van der Waals surface area contributed by atoms with Crippen molar-refractivity contribution in [2.24, 2.45) is 0 Å². The molecule has 18 aromatic rings. The molecule has 1 aliphatic carbocycles. The molecule has 8 nitrogen and oxygen atoms in total. The highest BCUT2D eigenvalue weighted by atomic mass is 16.1. The number of ketones is 1. The second-order valence-corrected chi connectivity index (χ2v) is 28.7. The summed E-state index contributed by atoms with van der Waals surface area (Å²) < 4.78 is 0. The number of aromatic nitrogens is 5. The standard InChI is InChI=1S/C59H39N3.C46H30N4O/c1-4-16-40(17-5-1)56-39-57-45-22-12-18-41(34-45)43-20-14-28-49(36-43)62(50-29-15-21-44(37-50)42-19-13-23-46(35-42)58(60-56)61-57)51-32-33-53-52-30-10-11-31-54(52)59(55(53)38-51,47-24-6-2-7-25-47)48-26-8-3-9-27-48;51-43(31-11-3-1-4-12-31)32-23-25-33(26-24-32)44-47-45-38-17-7-13-34(27-38)36-15-9-21-41(29-36)50(40-19-5-2-6-20-40)42-22-10-16-37(30-42)35-14-8-18-39(28-35)46(48-44)49-45/h1-39H;1-30H. The fraction of sp³-hybridized carbons (Fsp3) is 0.00952. The van der Waals surface area contributed by atoms with Crippen LogP contribution in [0.15, 0.2) is 419 Å². The predicted octanol–water partition coefficient (Wildman–Crippen LogP) is 26.2. The molecule has 16 aromatic carbocycles.